The van der Waals surface area contributed by atoms with Gasteiger partial charge in [0.15, 0.2) is 0 Å². The lowest BCUT2D eigenvalue weighted by molar-refractivity contribution is -0.141. The van der Waals surface area contributed by atoms with Crippen molar-refractivity contribution in [3.8, 4) is 57.5 Å². The van der Waals surface area contributed by atoms with Gasteiger partial charge in [-0.25, -0.2) is 0 Å². The van der Waals surface area contributed by atoms with E-state index in [4.69, 9.17) is 49.5 Å². The van der Waals surface area contributed by atoms with E-state index in [1.165, 1.54) is 57.0 Å². The molecule has 0 saturated carbocycles. The van der Waals surface area contributed by atoms with E-state index in [0.29, 0.717) is 43.6 Å². The number of phenols is 3. The first kappa shape index (κ1) is 93.5. The van der Waals surface area contributed by atoms with Gasteiger partial charge in [0.2, 0.25) is 0 Å². The van der Waals surface area contributed by atoms with Gasteiger partial charge in [-0.15, -0.1) is 11.6 Å². The van der Waals surface area contributed by atoms with Crippen LogP contribution in [0.3, 0.4) is 0 Å². The van der Waals surface area contributed by atoms with Gasteiger partial charge in [0.1, 0.15) is 76.5 Å². The third-order valence-electron chi connectivity index (χ3n) is 20.4. The summed E-state index contributed by atoms with van der Waals surface area (Å²) in [5.41, 5.74) is 11.6. The quantitative estimate of drug-likeness (QED) is 0.0191. The number of hydrogen-bond donors (Lipinski definition) is 3. The molecule has 616 valence electrons. The number of Topliss-reactive ketones (excluding diaryl/α,β-unsaturated/α-hetero) is 1. The van der Waals surface area contributed by atoms with Crippen LogP contribution >= 0.6 is 11.6 Å². The van der Waals surface area contributed by atoms with Crippen molar-refractivity contribution in [1.82, 2.24) is 0 Å². The van der Waals surface area contributed by atoms with E-state index in [9.17, 15) is 24.9 Å². The van der Waals surface area contributed by atoms with Crippen LogP contribution in [0.2, 0.25) is 0 Å². The highest BCUT2D eigenvalue weighted by atomic mass is 35.5. The number of rotatable bonds is 37. The molecule has 0 heterocycles. The van der Waals surface area contributed by atoms with E-state index in [0.717, 1.165) is 124 Å². The van der Waals surface area contributed by atoms with Gasteiger partial charge < -0.3 is 58.0 Å². The molecule has 0 fully saturated rings. The van der Waals surface area contributed by atoms with E-state index in [1.807, 2.05) is 109 Å². The molecule has 0 aliphatic rings. The summed E-state index contributed by atoms with van der Waals surface area (Å²) >= 11 is 5.67. The van der Waals surface area contributed by atoms with Crippen LogP contribution in [-0.2, 0) is 41.4 Å². The van der Waals surface area contributed by atoms with E-state index < -0.39 is 0 Å². The molecule has 0 unspecified atom stereocenters. The monoisotopic (exact) mass is 1580 g/mol. The second-order valence-electron chi connectivity index (χ2n) is 31.3. The SMILES string of the molecule is CC(=O)CCCOc1ccc(C(C)(C)c2ccc(O)cc2)cc1.CCCCOc1ccc(C(C)(C)c2ccc(O)cc2)cc1.CCCCOc1ccc(C(C)(C)c2ccc(OCCOC(C)=O)cc2)cc1.CCCOc1ccc(C(C)(C)c2ccc(O)cc2)cc1.CCCOc1ccc(C(C)(C)c2ccc(OCCCCl)cc2)cc1. The molecule has 0 saturated heterocycles. The molecule has 0 aliphatic carbocycles. The predicted octanol–water partition coefficient (Wildman–Crippen LogP) is 24.8. The molecule has 0 aromatic heterocycles. The van der Waals surface area contributed by atoms with Crippen LogP contribution in [0, 0.1) is 0 Å². The number of ether oxygens (including phenoxy) is 8. The molecule has 14 heteroatoms. The number of esters is 1. The maximum Gasteiger partial charge on any atom is 0.302 e. The summed E-state index contributed by atoms with van der Waals surface area (Å²) in [6.07, 6.45) is 8.64. The van der Waals surface area contributed by atoms with Gasteiger partial charge in [-0.3, -0.25) is 4.79 Å². The van der Waals surface area contributed by atoms with Gasteiger partial charge in [-0.1, -0.05) is 231 Å². The second-order valence-corrected chi connectivity index (χ2v) is 31.6. The molecule has 0 atom stereocenters. The number of phenolic OH excluding ortho intramolecular Hbond substituents is 3. The Labute approximate surface area is 692 Å². The Morgan fingerprint density at radius 1 is 0.261 bits per heavy atom. The van der Waals surface area contributed by atoms with Gasteiger partial charge >= 0.3 is 5.97 Å². The summed E-state index contributed by atoms with van der Waals surface area (Å²) in [4.78, 5) is 21.6. The number of carbonyl (C=O) groups excluding carboxylic acids is 2. The Morgan fingerprint density at radius 3 is 0.643 bits per heavy atom. The molecule has 13 nitrogen and oxygen atoms in total. The molecular weight excluding hydrogens is 1460 g/mol. The summed E-state index contributed by atoms with van der Waals surface area (Å²) < 4.78 is 44.5. The number of unbranched alkanes of at least 4 members (excludes halogenated alkanes) is 2. The molecule has 0 radical (unpaired) electrons. The largest absolute Gasteiger partial charge is 0.508 e. The summed E-state index contributed by atoms with van der Waals surface area (Å²) in [7, 11) is 0. The van der Waals surface area contributed by atoms with E-state index >= 15 is 0 Å². The van der Waals surface area contributed by atoms with E-state index in [1.54, 1.807) is 43.3 Å². The van der Waals surface area contributed by atoms with Crippen molar-refractivity contribution >= 4 is 23.4 Å². The number of halogens is 1. The zero-order chi connectivity index (χ0) is 83.9. The van der Waals surface area contributed by atoms with Crippen LogP contribution in [0.1, 0.15) is 224 Å². The second kappa shape index (κ2) is 47.5. The minimum absolute atomic E-state index is 0.0715. The zero-order valence-electron chi connectivity index (χ0n) is 71.1. The number of aromatic hydroxyl groups is 3. The number of ketones is 1. The van der Waals surface area contributed by atoms with Gasteiger partial charge in [0.05, 0.1) is 39.6 Å². The molecule has 115 heavy (non-hydrogen) atoms. The summed E-state index contributed by atoms with van der Waals surface area (Å²) in [6, 6.07) is 79.9. The molecule has 10 aromatic carbocycles. The van der Waals surface area contributed by atoms with Crippen molar-refractivity contribution in [2.24, 2.45) is 0 Å². The van der Waals surface area contributed by atoms with E-state index in [2.05, 4.69) is 194 Å². The standard InChI is InChI=1S/C23H30O4.C21H27ClO2.C20H24O3.C19H24O2.C18H22O2/c1-5-6-15-26-21-11-7-19(8-12-21)23(3,4)20-9-13-22(14-10-20)27-17-16-25-18(2)24;1-4-15-23-19-10-6-17(7-11-19)21(2,3)18-8-12-20(13-9-18)24-16-5-14-22;1-15(21)5-4-14-23-19-12-8-17(9-13-19)20(2,3)16-6-10-18(22)11-7-16;1-4-5-14-21-18-12-8-16(9-13-18)19(2,3)15-6-10-17(20)11-7-15;1-4-13-20-17-11-7-15(8-12-17)18(2,3)14-5-9-16(19)10-6-14/h7-14H,5-6,15-17H2,1-4H3;6-13H,4-5,14-16H2,1-3H3;6-13,22H,4-5,14H2,1-3H3;6-13,20H,4-5,14H2,1-3H3;5-12,19H,4,13H2,1-3H3. The molecule has 0 bridgehead atoms. The van der Waals surface area contributed by atoms with Crippen molar-refractivity contribution in [2.75, 3.05) is 58.7 Å². The van der Waals surface area contributed by atoms with Crippen molar-refractivity contribution in [3.05, 3.63) is 298 Å². The molecular formula is C101H127ClO13. The molecule has 0 amide bonds. The maximum absolute atomic E-state index is 10.9. The maximum atomic E-state index is 10.9. The van der Waals surface area contributed by atoms with E-state index in [-0.39, 0.29) is 51.2 Å². The number of hydrogen-bond acceptors (Lipinski definition) is 13. The Bertz CT molecular complexity index is 4360. The minimum Gasteiger partial charge on any atom is -0.508 e. The molecule has 0 aliphatic heterocycles. The molecule has 0 spiro atoms. The highest BCUT2D eigenvalue weighted by molar-refractivity contribution is 6.17. The molecule has 10 rings (SSSR count). The lowest BCUT2D eigenvalue weighted by Crippen LogP contribution is -2.18. The lowest BCUT2D eigenvalue weighted by atomic mass is 9.78. The Kier molecular flexibility index (Phi) is 38.6. The lowest BCUT2D eigenvalue weighted by Gasteiger charge is -2.26. The topological polar surface area (TPSA) is 169 Å². The highest BCUT2D eigenvalue weighted by Crippen LogP contribution is 2.39. The third kappa shape index (κ3) is 30.7. The Hall–Kier alpha value is -10.4. The fourth-order valence-electron chi connectivity index (χ4n) is 12.5. The van der Waals surface area contributed by atoms with Crippen LogP contribution in [0.4, 0.5) is 0 Å². The van der Waals surface area contributed by atoms with Crippen LogP contribution in [0.15, 0.2) is 243 Å². The first-order valence-electron chi connectivity index (χ1n) is 40.7. The van der Waals surface area contributed by atoms with Gasteiger partial charge in [0.25, 0.3) is 0 Å². The average Bonchev–Trinajstić information content (AvgIpc) is 0.826. The van der Waals surface area contributed by atoms with Crippen LogP contribution in [0.25, 0.3) is 0 Å². The highest BCUT2D eigenvalue weighted by Gasteiger charge is 2.28. The van der Waals surface area contributed by atoms with Crippen molar-refractivity contribution < 1.29 is 62.8 Å². The number of benzene rings is 10. The average molecular weight is 1580 g/mol. The number of carbonyl (C=O) groups is 2. The number of alkyl halides is 1. The fraction of sp³-hybridized carbons (Fsp3) is 0.386. The predicted molar refractivity (Wildman–Crippen MR) is 471 cm³/mol. The van der Waals surface area contributed by atoms with Crippen molar-refractivity contribution in [1.29, 1.82) is 0 Å². The van der Waals surface area contributed by atoms with Crippen molar-refractivity contribution in [2.45, 2.75) is 196 Å². The smallest absolute Gasteiger partial charge is 0.302 e. The molecule has 3 N–H and O–H groups in total. The van der Waals surface area contributed by atoms with Gasteiger partial charge in [0, 0.05) is 46.3 Å². The Balaban J connectivity index is 0.000000224. The van der Waals surface area contributed by atoms with Crippen LogP contribution in [0.5, 0.6) is 57.5 Å². The normalized spacial score (nSPS) is 11.3. The van der Waals surface area contributed by atoms with Crippen molar-refractivity contribution in [3.63, 3.8) is 0 Å². The molecule has 10 aromatic rings. The van der Waals surface area contributed by atoms with Gasteiger partial charge in [-0.05, 0) is 222 Å². The summed E-state index contributed by atoms with van der Waals surface area (Å²) in [5.74, 6) is 7.56. The first-order chi connectivity index (χ1) is 55.0. The minimum atomic E-state index is -0.294. The fourth-order valence-corrected chi connectivity index (χ4v) is 12.6. The Morgan fingerprint density at radius 2 is 0.452 bits per heavy atom. The summed E-state index contributed by atoms with van der Waals surface area (Å²) in [5, 5.41) is 28.2. The van der Waals surface area contributed by atoms with Crippen LogP contribution < -0.4 is 33.2 Å². The third-order valence-corrected chi connectivity index (χ3v) is 20.7. The van der Waals surface area contributed by atoms with Gasteiger partial charge in [-0.2, -0.15) is 0 Å². The first-order valence-corrected chi connectivity index (χ1v) is 41.2. The van der Waals surface area contributed by atoms with Crippen LogP contribution in [-0.4, -0.2) is 85.8 Å². The zero-order valence-corrected chi connectivity index (χ0v) is 71.9. The summed E-state index contributed by atoms with van der Waals surface area (Å²) in [6.45, 7) is 38.3.